The average Bonchev–Trinajstić information content (AvgIpc) is 3.05. The summed E-state index contributed by atoms with van der Waals surface area (Å²) in [6.45, 7) is 0. The monoisotopic (exact) mass is 526 g/mol. The topological polar surface area (TPSA) is 52.6 Å². The summed E-state index contributed by atoms with van der Waals surface area (Å²) in [4.78, 5) is 24.3. The molecule has 4 unspecified atom stereocenters. The Kier molecular flexibility index (Phi) is 4.70. The molecule has 0 bridgehead atoms. The van der Waals surface area contributed by atoms with Crippen molar-refractivity contribution in [1.82, 2.24) is 0 Å². The Morgan fingerprint density at radius 1 is 0.514 bits per heavy atom. The van der Waals surface area contributed by atoms with Gasteiger partial charge in [0, 0.05) is 0 Å². The van der Waals surface area contributed by atoms with Crippen LogP contribution in [0, 0.1) is 0 Å². The minimum absolute atomic E-state index is 0.373. The Hall–Kier alpha value is -3.60. The molecule has 0 aliphatic heterocycles. The zero-order chi connectivity index (χ0) is 25.4. The lowest BCUT2D eigenvalue weighted by molar-refractivity contribution is -0.0391. The predicted octanol–water partition coefficient (Wildman–Crippen LogP) is 6.33. The van der Waals surface area contributed by atoms with Crippen molar-refractivity contribution in [2.75, 3.05) is 0 Å². The van der Waals surface area contributed by atoms with Crippen molar-refractivity contribution >= 4 is 35.1 Å². The average molecular weight is 527 g/mol. The molecule has 0 aromatic heterocycles. The van der Waals surface area contributed by atoms with Crippen molar-refractivity contribution in [2.24, 2.45) is 0 Å². The normalized spacial score (nSPS) is 29.9. The molecule has 7 rings (SSSR count). The molecule has 1 spiro atoms. The molecular formula is C31H20Cl2O4. The van der Waals surface area contributed by atoms with Crippen LogP contribution in [0.5, 0.6) is 0 Å². The number of fused-ring (bicyclic) bond motifs is 4. The first-order chi connectivity index (χ1) is 18.0. The lowest BCUT2D eigenvalue weighted by atomic mass is 9.43. The molecule has 3 aliphatic rings. The molecule has 3 aliphatic carbocycles. The van der Waals surface area contributed by atoms with Gasteiger partial charge in [-0.25, -0.2) is 9.59 Å². The van der Waals surface area contributed by atoms with Crippen molar-refractivity contribution in [1.29, 1.82) is 0 Å². The maximum absolute atomic E-state index is 13.4. The Labute approximate surface area is 223 Å². The molecule has 0 saturated heterocycles. The molecule has 182 valence electrons. The molecule has 0 amide bonds. The lowest BCUT2D eigenvalue weighted by Gasteiger charge is -2.65. The number of hydrogen-bond acceptors (Lipinski definition) is 4. The number of rotatable bonds is 4. The fraction of sp³-hybridized carbons (Fsp3) is 0.161. The van der Waals surface area contributed by atoms with Gasteiger partial charge in [0.25, 0.3) is 0 Å². The lowest BCUT2D eigenvalue weighted by Crippen LogP contribution is -2.68. The molecule has 4 aromatic carbocycles. The molecule has 6 heteroatoms. The highest BCUT2D eigenvalue weighted by molar-refractivity contribution is 6.35. The fourth-order valence-corrected chi connectivity index (χ4v) is 8.08. The number of carbonyl (C=O) groups is 2. The maximum atomic E-state index is 13.4. The maximum Gasteiger partial charge on any atom is 0.338 e. The number of alkyl halides is 2. The highest BCUT2D eigenvalue weighted by Crippen LogP contribution is 2.84. The summed E-state index contributed by atoms with van der Waals surface area (Å²) >= 11 is 15.2. The minimum Gasteiger partial charge on any atom is -0.452 e. The van der Waals surface area contributed by atoms with Gasteiger partial charge in [-0.3, -0.25) is 0 Å². The van der Waals surface area contributed by atoms with E-state index in [-0.39, 0.29) is 0 Å². The summed E-state index contributed by atoms with van der Waals surface area (Å²) < 4.78 is 12.4. The van der Waals surface area contributed by atoms with Crippen LogP contribution >= 0.6 is 23.2 Å². The molecule has 1 saturated carbocycles. The molecule has 0 heterocycles. The van der Waals surface area contributed by atoms with E-state index in [1.165, 1.54) is 0 Å². The molecular weight excluding hydrogens is 507 g/mol. The van der Waals surface area contributed by atoms with Crippen molar-refractivity contribution in [3.8, 4) is 0 Å². The number of carbonyl (C=O) groups excluding carboxylic acids is 2. The van der Waals surface area contributed by atoms with E-state index in [2.05, 4.69) is 0 Å². The molecule has 4 nitrogen and oxygen atoms in total. The van der Waals surface area contributed by atoms with Crippen LogP contribution in [0.2, 0.25) is 0 Å². The third-order valence-electron chi connectivity index (χ3n) is 8.08. The van der Waals surface area contributed by atoms with Gasteiger partial charge in [-0.15, -0.1) is 23.2 Å². The van der Waals surface area contributed by atoms with E-state index < -0.39 is 39.3 Å². The van der Waals surface area contributed by atoms with Gasteiger partial charge in [0.1, 0.15) is 9.75 Å². The van der Waals surface area contributed by atoms with Crippen LogP contribution in [0.3, 0.4) is 0 Å². The van der Waals surface area contributed by atoms with Gasteiger partial charge in [0.05, 0.1) is 16.5 Å². The second-order valence-corrected chi connectivity index (χ2v) is 10.8. The Balaban J connectivity index is 1.42. The Bertz CT molecular complexity index is 1450. The Morgan fingerprint density at radius 3 is 1.22 bits per heavy atom. The van der Waals surface area contributed by atoms with E-state index in [9.17, 15) is 9.59 Å². The van der Waals surface area contributed by atoms with E-state index in [1.54, 1.807) is 48.5 Å². The first-order valence-corrected chi connectivity index (χ1v) is 12.8. The van der Waals surface area contributed by atoms with Gasteiger partial charge >= 0.3 is 11.9 Å². The first-order valence-electron chi connectivity index (χ1n) is 12.1. The molecule has 5 atom stereocenters. The molecule has 37 heavy (non-hydrogen) atoms. The van der Waals surface area contributed by atoms with Gasteiger partial charge in [-0.2, -0.15) is 0 Å². The fourth-order valence-electron chi connectivity index (χ4n) is 6.68. The van der Waals surface area contributed by atoms with Crippen LogP contribution in [0.1, 0.15) is 43.0 Å². The second-order valence-electron chi connectivity index (χ2n) is 9.65. The van der Waals surface area contributed by atoms with Crippen molar-refractivity contribution < 1.29 is 19.1 Å². The molecule has 0 N–H and O–H groups in total. The summed E-state index contributed by atoms with van der Waals surface area (Å²) in [5.74, 6) is -1.12. The number of hydrogen-bond donors (Lipinski definition) is 0. The predicted molar refractivity (Wildman–Crippen MR) is 140 cm³/mol. The zero-order valence-corrected chi connectivity index (χ0v) is 20.9. The van der Waals surface area contributed by atoms with E-state index >= 15 is 0 Å². The summed E-state index contributed by atoms with van der Waals surface area (Å²) in [5, 5.41) is 0. The van der Waals surface area contributed by atoms with Crippen LogP contribution in [0.15, 0.2) is 109 Å². The van der Waals surface area contributed by atoms with Crippen LogP contribution in [0.4, 0.5) is 0 Å². The summed E-state index contributed by atoms with van der Waals surface area (Å²) in [7, 11) is 0. The third-order valence-corrected chi connectivity index (χ3v) is 9.49. The Morgan fingerprint density at radius 2 is 0.838 bits per heavy atom. The van der Waals surface area contributed by atoms with Crippen molar-refractivity contribution in [2.45, 2.75) is 27.4 Å². The summed E-state index contributed by atoms with van der Waals surface area (Å²) in [5.41, 5.74) is 3.39. The quantitative estimate of drug-likeness (QED) is 0.230. The van der Waals surface area contributed by atoms with E-state index in [0.717, 1.165) is 22.3 Å². The van der Waals surface area contributed by atoms with Crippen LogP contribution in [-0.4, -0.2) is 24.1 Å². The van der Waals surface area contributed by atoms with Gasteiger partial charge in [-0.05, 0) is 46.5 Å². The van der Waals surface area contributed by atoms with E-state index in [1.807, 2.05) is 60.7 Å². The number of benzene rings is 4. The number of halogens is 2. The van der Waals surface area contributed by atoms with Crippen molar-refractivity contribution in [3.05, 3.63) is 143 Å². The number of esters is 2. The summed E-state index contributed by atoms with van der Waals surface area (Å²) in [6, 6.07) is 32.9. The van der Waals surface area contributed by atoms with Crippen LogP contribution in [0.25, 0.3) is 0 Å². The smallest absolute Gasteiger partial charge is 0.338 e. The van der Waals surface area contributed by atoms with Crippen LogP contribution in [-0.2, 0) is 24.6 Å². The molecule has 1 fully saturated rings. The van der Waals surface area contributed by atoms with Crippen LogP contribution < -0.4 is 0 Å². The van der Waals surface area contributed by atoms with E-state index in [0.29, 0.717) is 11.1 Å². The standard InChI is InChI=1S/C31H20Cl2O4/c32-30-23-17-9-7-15-21(23)29(30)22-16-8-10-18-24(22)31(29,33)26(37-28(35)20-13-5-2-6-14-20)25(30)36-27(34)19-11-3-1-4-12-19/h1-18,25-26H/t25?,26?,29?,30-,31?/m1/s1. The molecule has 0 radical (unpaired) electrons. The van der Waals surface area contributed by atoms with Crippen molar-refractivity contribution in [3.63, 3.8) is 0 Å². The number of ether oxygens (including phenoxy) is 2. The minimum atomic E-state index is -1.23. The van der Waals surface area contributed by atoms with Gasteiger partial charge in [-0.1, -0.05) is 84.9 Å². The largest absolute Gasteiger partial charge is 0.452 e. The third kappa shape index (κ3) is 2.55. The van der Waals surface area contributed by atoms with Gasteiger partial charge in [0.15, 0.2) is 12.2 Å². The van der Waals surface area contributed by atoms with Gasteiger partial charge in [0.2, 0.25) is 0 Å². The van der Waals surface area contributed by atoms with E-state index in [4.69, 9.17) is 32.7 Å². The first kappa shape index (κ1) is 22.6. The second kappa shape index (κ2) is 7.70. The summed E-state index contributed by atoms with van der Waals surface area (Å²) in [6.07, 6.45) is -2.09. The SMILES string of the molecule is O=C(OC1C(OC(=O)c2ccccc2)[C@]2(Cl)c3ccccc3C23c2ccccc2C13Cl)c1ccccc1. The molecule has 4 aromatic rings. The highest BCUT2D eigenvalue weighted by atomic mass is 35.5. The highest BCUT2D eigenvalue weighted by Gasteiger charge is 2.90. The zero-order valence-electron chi connectivity index (χ0n) is 19.4. The van der Waals surface area contributed by atoms with Gasteiger partial charge < -0.3 is 9.47 Å².